The smallest absolute Gasteiger partial charge is 0.265 e. The standard InChI is InChI=1S/C20H22BrNO4S/c1-13-8-16-11-17(20(23)18(16)9-14(13)2)10-15-4-6-22(12-19(15)21)5-3-7-27(24,25)26/h4,6,8-9,12,17H,3,5,7,10-11H2,1-2H3/p+1. The fourth-order valence-corrected chi connectivity index (χ4v) is 4.60. The van der Waals surface area contributed by atoms with Crippen molar-refractivity contribution >= 4 is 31.8 Å². The Kier molecular flexibility index (Phi) is 5.84. The number of carbonyl (C=O) groups excluding carboxylic acids is 1. The summed E-state index contributed by atoms with van der Waals surface area (Å²) in [5.41, 5.74) is 5.42. The molecule has 2 aromatic rings. The van der Waals surface area contributed by atoms with Crippen molar-refractivity contribution in [2.24, 2.45) is 5.92 Å². The highest BCUT2D eigenvalue weighted by molar-refractivity contribution is 9.10. The summed E-state index contributed by atoms with van der Waals surface area (Å²) in [5.74, 6) is -0.0923. The molecule has 0 radical (unpaired) electrons. The van der Waals surface area contributed by atoms with E-state index in [0.717, 1.165) is 33.1 Å². The van der Waals surface area contributed by atoms with Crippen LogP contribution in [-0.2, 0) is 29.5 Å². The Balaban J connectivity index is 1.69. The van der Waals surface area contributed by atoms with Gasteiger partial charge in [-0.1, -0.05) is 6.07 Å². The maximum absolute atomic E-state index is 12.8. The number of fused-ring (bicyclic) bond motifs is 1. The second-order valence-electron chi connectivity index (χ2n) is 7.26. The van der Waals surface area contributed by atoms with E-state index in [1.165, 1.54) is 5.56 Å². The van der Waals surface area contributed by atoms with E-state index < -0.39 is 10.1 Å². The molecule has 1 aromatic heterocycles. The van der Waals surface area contributed by atoms with Gasteiger partial charge >= 0.3 is 0 Å². The van der Waals surface area contributed by atoms with Crippen molar-refractivity contribution in [3.05, 3.63) is 62.9 Å². The minimum atomic E-state index is -3.93. The minimum absolute atomic E-state index is 0.0483. The van der Waals surface area contributed by atoms with Gasteiger partial charge in [-0.05, 0) is 70.9 Å². The van der Waals surface area contributed by atoms with Gasteiger partial charge < -0.3 is 0 Å². The molecule has 0 aliphatic heterocycles. The van der Waals surface area contributed by atoms with Crippen LogP contribution in [0.5, 0.6) is 0 Å². The minimum Gasteiger partial charge on any atom is -0.294 e. The summed E-state index contributed by atoms with van der Waals surface area (Å²) >= 11 is 3.56. The topological polar surface area (TPSA) is 75.3 Å². The molecule has 0 spiro atoms. The third-order valence-electron chi connectivity index (χ3n) is 5.16. The Hall–Kier alpha value is -1.57. The Morgan fingerprint density at radius 3 is 2.63 bits per heavy atom. The SMILES string of the molecule is Cc1cc2c(cc1C)C(=O)C(Cc1cc[n+](CCCS(=O)(=O)O)cc1Br)C2. The van der Waals surface area contributed by atoms with Crippen LogP contribution in [0.15, 0.2) is 35.1 Å². The zero-order valence-electron chi connectivity index (χ0n) is 15.4. The highest BCUT2D eigenvalue weighted by atomic mass is 79.9. The second kappa shape index (κ2) is 7.81. The van der Waals surface area contributed by atoms with Crippen LogP contribution in [0.4, 0.5) is 0 Å². The molecule has 1 aromatic carbocycles. The first-order valence-corrected chi connectivity index (χ1v) is 11.3. The number of aromatic nitrogens is 1. The van der Waals surface area contributed by atoms with Crippen LogP contribution in [0.1, 0.15) is 39.0 Å². The van der Waals surface area contributed by atoms with E-state index in [4.69, 9.17) is 4.55 Å². The third kappa shape index (κ3) is 4.83. The molecule has 0 saturated heterocycles. The van der Waals surface area contributed by atoms with Crippen molar-refractivity contribution in [3.63, 3.8) is 0 Å². The largest absolute Gasteiger partial charge is 0.294 e. The third-order valence-corrected chi connectivity index (χ3v) is 6.68. The van der Waals surface area contributed by atoms with Gasteiger partial charge in [0.1, 0.15) is 6.54 Å². The van der Waals surface area contributed by atoms with Crippen LogP contribution >= 0.6 is 15.9 Å². The molecule has 7 heteroatoms. The van der Waals surface area contributed by atoms with Gasteiger partial charge in [0.05, 0.1) is 10.2 Å². The maximum atomic E-state index is 12.8. The van der Waals surface area contributed by atoms with E-state index in [1.807, 2.05) is 36.0 Å². The number of carbonyl (C=O) groups is 1. The van der Waals surface area contributed by atoms with Crippen molar-refractivity contribution < 1.29 is 22.3 Å². The average Bonchev–Trinajstić information content (AvgIpc) is 2.85. The van der Waals surface area contributed by atoms with Crippen LogP contribution in [0, 0.1) is 19.8 Å². The number of rotatable bonds is 6. The average molecular weight is 453 g/mol. The van der Waals surface area contributed by atoms with E-state index in [9.17, 15) is 13.2 Å². The highest BCUT2D eigenvalue weighted by Gasteiger charge is 2.31. The summed E-state index contributed by atoms with van der Waals surface area (Å²) in [7, 11) is -3.93. The number of halogens is 1. The van der Waals surface area contributed by atoms with E-state index in [1.54, 1.807) is 0 Å². The van der Waals surface area contributed by atoms with Gasteiger partial charge in [-0.2, -0.15) is 8.42 Å². The first-order valence-electron chi connectivity index (χ1n) is 8.91. The summed E-state index contributed by atoms with van der Waals surface area (Å²) in [5, 5.41) is 0. The first-order chi connectivity index (χ1) is 12.6. The quantitative estimate of drug-likeness (QED) is 0.539. The molecule has 144 valence electrons. The number of ketones is 1. The molecule has 1 unspecified atom stereocenters. The lowest BCUT2D eigenvalue weighted by molar-refractivity contribution is -0.697. The molecule has 1 atom stereocenters. The number of Topliss-reactive ketones (excluding diaryl/α,β-unsaturated/α-hetero) is 1. The Labute approximate surface area is 168 Å². The number of hydrogen-bond donors (Lipinski definition) is 1. The Morgan fingerprint density at radius 1 is 1.26 bits per heavy atom. The summed E-state index contributed by atoms with van der Waals surface area (Å²) in [6.07, 6.45) is 5.54. The van der Waals surface area contributed by atoms with Gasteiger partial charge in [0.15, 0.2) is 18.2 Å². The summed E-state index contributed by atoms with van der Waals surface area (Å²) in [4.78, 5) is 12.8. The molecule has 0 bridgehead atoms. The lowest BCUT2D eigenvalue weighted by Crippen LogP contribution is -2.34. The molecular weight excluding hydrogens is 430 g/mol. The predicted octanol–water partition coefficient (Wildman–Crippen LogP) is 3.23. The van der Waals surface area contributed by atoms with Crippen LogP contribution in [0.2, 0.25) is 0 Å². The first kappa shape index (κ1) is 20.2. The predicted molar refractivity (Wildman–Crippen MR) is 107 cm³/mol. The second-order valence-corrected chi connectivity index (χ2v) is 9.68. The fourth-order valence-electron chi connectivity index (χ4n) is 3.55. The zero-order valence-corrected chi connectivity index (χ0v) is 17.8. The van der Waals surface area contributed by atoms with Crippen molar-refractivity contribution in [2.75, 3.05) is 5.75 Å². The molecular formula is C20H23BrNO4S+. The summed E-state index contributed by atoms with van der Waals surface area (Å²) in [6.45, 7) is 4.60. The normalized spacial score (nSPS) is 16.6. The monoisotopic (exact) mass is 452 g/mol. The van der Waals surface area contributed by atoms with Crippen LogP contribution < -0.4 is 4.57 Å². The van der Waals surface area contributed by atoms with E-state index >= 15 is 0 Å². The van der Waals surface area contributed by atoms with Gasteiger partial charge in [0, 0.05) is 24.0 Å². The molecule has 1 N–H and O–H groups in total. The van der Waals surface area contributed by atoms with Crippen molar-refractivity contribution in [2.45, 2.75) is 39.7 Å². The van der Waals surface area contributed by atoms with Crippen molar-refractivity contribution in [1.29, 1.82) is 0 Å². The maximum Gasteiger partial charge on any atom is 0.265 e. The summed E-state index contributed by atoms with van der Waals surface area (Å²) < 4.78 is 33.2. The summed E-state index contributed by atoms with van der Waals surface area (Å²) in [6, 6.07) is 6.10. The highest BCUT2D eigenvalue weighted by Crippen LogP contribution is 2.32. The molecule has 27 heavy (non-hydrogen) atoms. The molecule has 3 rings (SSSR count). The molecule has 1 aliphatic carbocycles. The number of nitrogens with zero attached hydrogens (tertiary/aromatic N) is 1. The van der Waals surface area contributed by atoms with E-state index in [-0.39, 0.29) is 17.5 Å². The number of aryl methyl sites for hydroxylation is 3. The number of pyridine rings is 1. The van der Waals surface area contributed by atoms with Gasteiger partial charge in [-0.3, -0.25) is 9.35 Å². The van der Waals surface area contributed by atoms with Crippen molar-refractivity contribution in [3.8, 4) is 0 Å². The van der Waals surface area contributed by atoms with E-state index in [2.05, 4.69) is 28.9 Å². The molecule has 1 heterocycles. The lowest BCUT2D eigenvalue weighted by Gasteiger charge is -2.09. The van der Waals surface area contributed by atoms with Gasteiger partial charge in [-0.15, -0.1) is 0 Å². The number of hydrogen-bond acceptors (Lipinski definition) is 3. The Bertz CT molecular complexity index is 1000. The van der Waals surface area contributed by atoms with Crippen LogP contribution in [0.3, 0.4) is 0 Å². The van der Waals surface area contributed by atoms with Gasteiger partial charge in [0.25, 0.3) is 10.1 Å². The molecule has 1 aliphatic rings. The van der Waals surface area contributed by atoms with Crippen molar-refractivity contribution in [1.82, 2.24) is 0 Å². The van der Waals surface area contributed by atoms with Gasteiger partial charge in [-0.25, -0.2) is 4.57 Å². The Morgan fingerprint density at radius 2 is 1.96 bits per heavy atom. The van der Waals surface area contributed by atoms with E-state index in [0.29, 0.717) is 19.4 Å². The van der Waals surface area contributed by atoms with Gasteiger partial charge in [0.2, 0.25) is 0 Å². The molecule has 0 saturated carbocycles. The lowest BCUT2D eigenvalue weighted by atomic mass is 9.96. The molecule has 5 nitrogen and oxygen atoms in total. The van der Waals surface area contributed by atoms with Crippen LogP contribution in [0.25, 0.3) is 0 Å². The molecule has 0 fully saturated rings. The molecule has 0 amide bonds. The number of benzene rings is 1. The van der Waals surface area contributed by atoms with Crippen LogP contribution in [-0.4, -0.2) is 24.5 Å². The zero-order chi connectivity index (χ0) is 19.8. The fraction of sp³-hybridized carbons (Fsp3) is 0.400.